The molecule has 0 fully saturated rings. The first kappa shape index (κ1) is 31.6. The minimum absolute atomic E-state index is 1.10. The second kappa shape index (κ2) is 13.4. The Morgan fingerprint density at radius 3 is 1.28 bits per heavy atom. The molecule has 0 saturated heterocycles. The minimum atomic E-state index is 1.10. The molecular formula is C52H36N2. The zero-order valence-corrected chi connectivity index (χ0v) is 29.7. The lowest BCUT2D eigenvalue weighted by molar-refractivity contribution is 1.19. The van der Waals surface area contributed by atoms with Crippen LogP contribution < -0.4 is 4.90 Å². The van der Waals surface area contributed by atoms with Crippen LogP contribution in [0.15, 0.2) is 218 Å². The highest BCUT2D eigenvalue weighted by Crippen LogP contribution is 2.42. The first-order chi connectivity index (χ1) is 26.8. The van der Waals surface area contributed by atoms with E-state index >= 15 is 0 Å². The van der Waals surface area contributed by atoms with Crippen molar-refractivity contribution in [3.63, 3.8) is 0 Å². The molecule has 0 amide bonds. The van der Waals surface area contributed by atoms with Crippen LogP contribution in [0.2, 0.25) is 0 Å². The monoisotopic (exact) mass is 688 g/mol. The van der Waals surface area contributed by atoms with Crippen molar-refractivity contribution in [2.45, 2.75) is 0 Å². The summed E-state index contributed by atoms with van der Waals surface area (Å²) in [5.74, 6) is 0. The molecular weight excluding hydrogens is 653 g/mol. The standard InChI is InChI=1S/C52H36N2/c1-4-12-37(13-5-1)39-20-22-40(23-21-39)42-26-32-46(33-27-42)53(45-30-24-41(25-31-45)38-14-6-2-7-15-38)47-34-28-43-29-35-49-48-18-10-11-19-51(48)54(52(49)50(43)36-47)44-16-8-3-9-17-44/h1-36H. The van der Waals surface area contributed by atoms with Crippen LogP contribution >= 0.6 is 0 Å². The zero-order chi connectivity index (χ0) is 35.8. The molecule has 10 aromatic rings. The molecule has 1 aromatic heterocycles. The summed E-state index contributed by atoms with van der Waals surface area (Å²) in [6.07, 6.45) is 0. The summed E-state index contributed by atoms with van der Waals surface area (Å²) in [6.45, 7) is 0. The molecule has 0 aliphatic carbocycles. The van der Waals surface area contributed by atoms with Crippen LogP contribution in [-0.2, 0) is 0 Å². The maximum atomic E-state index is 2.42. The summed E-state index contributed by atoms with van der Waals surface area (Å²) in [5.41, 5.74) is 14.1. The Balaban J connectivity index is 1.12. The highest BCUT2D eigenvalue weighted by atomic mass is 15.1. The van der Waals surface area contributed by atoms with E-state index in [1.807, 2.05) is 0 Å². The Bertz CT molecular complexity index is 2870. The molecule has 0 aliphatic heterocycles. The highest BCUT2D eigenvalue weighted by Gasteiger charge is 2.18. The summed E-state index contributed by atoms with van der Waals surface area (Å²) in [5, 5.41) is 4.93. The van der Waals surface area contributed by atoms with Crippen LogP contribution in [0.1, 0.15) is 0 Å². The first-order valence-corrected chi connectivity index (χ1v) is 18.5. The van der Waals surface area contributed by atoms with Crippen LogP contribution in [0.3, 0.4) is 0 Å². The highest BCUT2D eigenvalue weighted by molar-refractivity contribution is 6.19. The second-order valence-corrected chi connectivity index (χ2v) is 13.8. The van der Waals surface area contributed by atoms with Crippen LogP contribution in [0.4, 0.5) is 17.1 Å². The van der Waals surface area contributed by atoms with Gasteiger partial charge >= 0.3 is 0 Å². The Hall–Kier alpha value is -7.16. The summed E-state index contributed by atoms with van der Waals surface area (Å²) in [7, 11) is 0. The van der Waals surface area contributed by atoms with Gasteiger partial charge in [0.05, 0.1) is 11.0 Å². The van der Waals surface area contributed by atoms with Crippen molar-refractivity contribution in [1.82, 2.24) is 4.57 Å². The van der Waals surface area contributed by atoms with Crippen LogP contribution in [0.25, 0.3) is 71.6 Å². The van der Waals surface area contributed by atoms with Crippen molar-refractivity contribution in [2.24, 2.45) is 0 Å². The Kier molecular flexibility index (Phi) is 7.85. The SMILES string of the molecule is c1ccc(-c2ccc(-c3ccc(N(c4ccc(-c5ccccc5)cc4)c4ccc5ccc6c7ccccc7n(-c7ccccc7)c6c5c4)cc3)cc2)cc1. The number of rotatable bonds is 7. The van der Waals surface area contributed by atoms with Gasteiger partial charge in [0.2, 0.25) is 0 Å². The molecule has 0 atom stereocenters. The van der Waals surface area contributed by atoms with Gasteiger partial charge in [0.1, 0.15) is 0 Å². The molecule has 0 bridgehead atoms. The predicted octanol–water partition coefficient (Wildman–Crippen LogP) is 14.4. The maximum absolute atomic E-state index is 2.42. The molecule has 0 radical (unpaired) electrons. The van der Waals surface area contributed by atoms with Crippen molar-refractivity contribution < 1.29 is 0 Å². The molecule has 0 saturated carbocycles. The average Bonchev–Trinajstić information content (AvgIpc) is 3.60. The van der Waals surface area contributed by atoms with Gasteiger partial charge in [-0.15, -0.1) is 0 Å². The number of fused-ring (bicyclic) bond motifs is 5. The number of hydrogen-bond acceptors (Lipinski definition) is 1. The third-order valence-electron chi connectivity index (χ3n) is 10.6. The van der Waals surface area contributed by atoms with Gasteiger partial charge in [0, 0.05) is 38.9 Å². The van der Waals surface area contributed by atoms with E-state index in [9.17, 15) is 0 Å². The average molecular weight is 689 g/mol. The fourth-order valence-corrected chi connectivity index (χ4v) is 7.92. The number of hydrogen-bond donors (Lipinski definition) is 0. The fourth-order valence-electron chi connectivity index (χ4n) is 7.92. The summed E-state index contributed by atoms with van der Waals surface area (Å²) < 4.78 is 2.42. The molecule has 10 rings (SSSR count). The van der Waals surface area contributed by atoms with E-state index in [1.165, 1.54) is 66.0 Å². The van der Waals surface area contributed by atoms with E-state index in [-0.39, 0.29) is 0 Å². The van der Waals surface area contributed by atoms with E-state index in [1.54, 1.807) is 0 Å². The zero-order valence-electron chi connectivity index (χ0n) is 29.7. The van der Waals surface area contributed by atoms with E-state index < -0.39 is 0 Å². The molecule has 0 N–H and O–H groups in total. The molecule has 254 valence electrons. The first-order valence-electron chi connectivity index (χ1n) is 18.5. The third-order valence-corrected chi connectivity index (χ3v) is 10.6. The van der Waals surface area contributed by atoms with Gasteiger partial charge in [0.25, 0.3) is 0 Å². The Labute approximate surface area is 315 Å². The van der Waals surface area contributed by atoms with Gasteiger partial charge in [-0.05, 0) is 93.4 Å². The number of anilines is 3. The maximum Gasteiger partial charge on any atom is 0.0620 e. The predicted molar refractivity (Wildman–Crippen MR) is 229 cm³/mol. The van der Waals surface area contributed by atoms with E-state index in [0.717, 1.165) is 22.7 Å². The molecule has 54 heavy (non-hydrogen) atoms. The van der Waals surface area contributed by atoms with Gasteiger partial charge in [-0.25, -0.2) is 0 Å². The number of para-hydroxylation sites is 2. The Morgan fingerprint density at radius 2 is 0.722 bits per heavy atom. The summed E-state index contributed by atoms with van der Waals surface area (Å²) in [6, 6.07) is 78.8. The van der Waals surface area contributed by atoms with Crippen molar-refractivity contribution in [3.05, 3.63) is 218 Å². The van der Waals surface area contributed by atoms with Crippen LogP contribution in [0, 0.1) is 0 Å². The minimum Gasteiger partial charge on any atom is -0.310 e. The molecule has 1 heterocycles. The smallest absolute Gasteiger partial charge is 0.0620 e. The van der Waals surface area contributed by atoms with E-state index in [0.29, 0.717) is 0 Å². The normalized spacial score (nSPS) is 11.3. The van der Waals surface area contributed by atoms with Crippen LogP contribution in [0.5, 0.6) is 0 Å². The number of aromatic nitrogens is 1. The third kappa shape index (κ3) is 5.62. The Morgan fingerprint density at radius 1 is 0.296 bits per heavy atom. The number of benzene rings is 9. The molecule has 0 spiro atoms. The lowest BCUT2D eigenvalue weighted by Gasteiger charge is -2.26. The molecule has 2 heteroatoms. The van der Waals surface area contributed by atoms with Gasteiger partial charge in [0.15, 0.2) is 0 Å². The van der Waals surface area contributed by atoms with Gasteiger partial charge in [-0.1, -0.05) is 164 Å². The summed E-state index contributed by atoms with van der Waals surface area (Å²) >= 11 is 0. The summed E-state index contributed by atoms with van der Waals surface area (Å²) in [4.78, 5) is 2.38. The molecule has 0 aliphatic rings. The molecule has 2 nitrogen and oxygen atoms in total. The molecule has 0 unspecified atom stereocenters. The largest absolute Gasteiger partial charge is 0.310 e. The van der Waals surface area contributed by atoms with Crippen LogP contribution in [-0.4, -0.2) is 4.57 Å². The van der Waals surface area contributed by atoms with E-state index in [4.69, 9.17) is 0 Å². The van der Waals surface area contributed by atoms with Gasteiger partial charge in [-0.3, -0.25) is 0 Å². The van der Waals surface area contributed by atoms with Gasteiger partial charge in [-0.2, -0.15) is 0 Å². The van der Waals surface area contributed by atoms with E-state index in [2.05, 4.69) is 228 Å². The lowest BCUT2D eigenvalue weighted by atomic mass is 10.00. The van der Waals surface area contributed by atoms with Crippen molar-refractivity contribution in [2.75, 3.05) is 4.90 Å². The fraction of sp³-hybridized carbons (Fsp3) is 0. The topological polar surface area (TPSA) is 8.17 Å². The lowest BCUT2D eigenvalue weighted by Crippen LogP contribution is -2.10. The van der Waals surface area contributed by atoms with Crippen molar-refractivity contribution >= 4 is 49.6 Å². The van der Waals surface area contributed by atoms with Crippen molar-refractivity contribution in [1.29, 1.82) is 0 Å². The van der Waals surface area contributed by atoms with Gasteiger partial charge < -0.3 is 9.47 Å². The molecule has 9 aromatic carbocycles. The number of nitrogens with zero attached hydrogens (tertiary/aromatic N) is 2. The second-order valence-electron chi connectivity index (χ2n) is 13.8. The quantitative estimate of drug-likeness (QED) is 0.162. The van der Waals surface area contributed by atoms with Crippen molar-refractivity contribution in [3.8, 4) is 39.1 Å².